The number of sulfone groups is 1. The molecule has 0 fully saturated rings. The third kappa shape index (κ3) is 6.23. The van der Waals surface area contributed by atoms with Gasteiger partial charge in [-0.05, 0) is 31.7 Å². The monoisotopic (exact) mass is 304 g/mol. The minimum absolute atomic E-state index is 0.0924. The van der Waals surface area contributed by atoms with Gasteiger partial charge in [-0.25, -0.2) is 8.42 Å². The van der Waals surface area contributed by atoms with Crippen molar-refractivity contribution in [3.05, 3.63) is 23.8 Å². The molecule has 0 saturated carbocycles. The van der Waals surface area contributed by atoms with Gasteiger partial charge in [0.05, 0.1) is 19.5 Å². The van der Waals surface area contributed by atoms with Crippen LogP contribution in [0.2, 0.25) is 0 Å². The van der Waals surface area contributed by atoms with Crippen molar-refractivity contribution in [1.82, 2.24) is 0 Å². The molecule has 1 rings (SSSR count). The molecule has 20 heavy (non-hydrogen) atoms. The maximum absolute atomic E-state index is 11.2. The highest BCUT2D eigenvalue weighted by Crippen LogP contribution is 2.30. The van der Waals surface area contributed by atoms with Crippen molar-refractivity contribution >= 4 is 9.84 Å². The first kappa shape index (κ1) is 18.7. The van der Waals surface area contributed by atoms with Crippen LogP contribution in [-0.4, -0.2) is 41.2 Å². The largest absolute Gasteiger partial charge is 0.493 e. The smallest absolute Gasteiger partial charge is 0.161 e. The van der Waals surface area contributed by atoms with Crippen molar-refractivity contribution in [3.63, 3.8) is 0 Å². The van der Waals surface area contributed by atoms with E-state index < -0.39 is 15.9 Å². The Morgan fingerprint density at radius 3 is 2.30 bits per heavy atom. The molecule has 0 spiro atoms. The van der Waals surface area contributed by atoms with Gasteiger partial charge in [0, 0.05) is 12.3 Å². The normalized spacial score (nSPS) is 12.1. The second-order valence-corrected chi connectivity index (χ2v) is 6.23. The SMILES string of the molecule is CCOc1cc([C@H](N)CS(C)(=O)=O)ccc1OC.CN. The van der Waals surface area contributed by atoms with Crippen LogP contribution in [0.15, 0.2) is 18.2 Å². The Morgan fingerprint density at radius 1 is 1.25 bits per heavy atom. The third-order valence-corrected chi connectivity index (χ3v) is 3.36. The van der Waals surface area contributed by atoms with E-state index in [1.807, 2.05) is 6.92 Å². The minimum atomic E-state index is -3.11. The molecule has 116 valence electrons. The number of ether oxygens (including phenoxy) is 2. The fourth-order valence-corrected chi connectivity index (χ4v) is 2.46. The van der Waals surface area contributed by atoms with E-state index in [-0.39, 0.29) is 5.75 Å². The molecular weight excluding hydrogens is 280 g/mol. The van der Waals surface area contributed by atoms with Crippen LogP contribution < -0.4 is 20.9 Å². The maximum Gasteiger partial charge on any atom is 0.161 e. The highest BCUT2D eigenvalue weighted by atomic mass is 32.2. The van der Waals surface area contributed by atoms with E-state index in [1.165, 1.54) is 13.3 Å². The van der Waals surface area contributed by atoms with Crippen molar-refractivity contribution in [2.24, 2.45) is 11.5 Å². The molecular formula is C13H24N2O4S. The van der Waals surface area contributed by atoms with E-state index in [0.29, 0.717) is 23.7 Å². The van der Waals surface area contributed by atoms with E-state index in [2.05, 4.69) is 5.73 Å². The summed E-state index contributed by atoms with van der Waals surface area (Å²) in [7, 11) is -0.0598. The topological polar surface area (TPSA) is 105 Å². The van der Waals surface area contributed by atoms with E-state index >= 15 is 0 Å². The molecule has 0 radical (unpaired) electrons. The second-order valence-electron chi connectivity index (χ2n) is 4.04. The summed E-state index contributed by atoms with van der Waals surface area (Å²) in [6.45, 7) is 2.36. The molecule has 0 amide bonds. The predicted octanol–water partition coefficient (Wildman–Crippen LogP) is 0.713. The summed E-state index contributed by atoms with van der Waals surface area (Å²) in [5, 5.41) is 0. The van der Waals surface area contributed by atoms with Crippen LogP contribution in [0.3, 0.4) is 0 Å². The van der Waals surface area contributed by atoms with Gasteiger partial charge in [0.2, 0.25) is 0 Å². The summed E-state index contributed by atoms with van der Waals surface area (Å²) < 4.78 is 33.0. The van der Waals surface area contributed by atoms with Crippen molar-refractivity contribution in [2.45, 2.75) is 13.0 Å². The Labute approximate surface area is 121 Å². The van der Waals surface area contributed by atoms with Gasteiger partial charge in [-0.2, -0.15) is 0 Å². The molecule has 6 nitrogen and oxygen atoms in total. The lowest BCUT2D eigenvalue weighted by molar-refractivity contribution is 0.310. The number of benzene rings is 1. The molecule has 7 heteroatoms. The van der Waals surface area contributed by atoms with Crippen molar-refractivity contribution in [1.29, 1.82) is 0 Å². The molecule has 4 N–H and O–H groups in total. The highest BCUT2D eigenvalue weighted by Gasteiger charge is 2.15. The average molecular weight is 304 g/mol. The van der Waals surface area contributed by atoms with E-state index in [1.54, 1.807) is 25.3 Å². The average Bonchev–Trinajstić information content (AvgIpc) is 2.39. The first-order valence-corrected chi connectivity index (χ1v) is 8.25. The van der Waals surface area contributed by atoms with E-state index in [9.17, 15) is 8.42 Å². The van der Waals surface area contributed by atoms with E-state index in [4.69, 9.17) is 15.2 Å². The Bertz CT molecular complexity index is 503. The maximum atomic E-state index is 11.2. The zero-order chi connectivity index (χ0) is 15.8. The van der Waals surface area contributed by atoms with Gasteiger partial charge in [0.15, 0.2) is 11.5 Å². The van der Waals surface area contributed by atoms with Crippen LogP contribution in [0.1, 0.15) is 18.5 Å². The van der Waals surface area contributed by atoms with E-state index in [0.717, 1.165) is 0 Å². The van der Waals surface area contributed by atoms with Gasteiger partial charge < -0.3 is 20.9 Å². The number of nitrogens with two attached hydrogens (primary N) is 2. The molecule has 1 aromatic carbocycles. The molecule has 0 aliphatic carbocycles. The minimum Gasteiger partial charge on any atom is -0.493 e. The zero-order valence-electron chi connectivity index (χ0n) is 12.4. The molecule has 0 saturated heterocycles. The van der Waals surface area contributed by atoms with Gasteiger partial charge in [-0.15, -0.1) is 0 Å². The summed E-state index contributed by atoms with van der Waals surface area (Å²) in [4.78, 5) is 0. The van der Waals surface area contributed by atoms with Crippen LogP contribution in [0.25, 0.3) is 0 Å². The van der Waals surface area contributed by atoms with Crippen molar-refractivity contribution in [3.8, 4) is 11.5 Å². The molecule has 0 aliphatic heterocycles. The molecule has 0 unspecified atom stereocenters. The lowest BCUT2D eigenvalue weighted by atomic mass is 10.1. The number of rotatable bonds is 6. The fraction of sp³-hybridized carbons (Fsp3) is 0.538. The quantitative estimate of drug-likeness (QED) is 0.802. The highest BCUT2D eigenvalue weighted by molar-refractivity contribution is 7.90. The summed E-state index contributed by atoms with van der Waals surface area (Å²) in [5.74, 6) is 1.08. The number of hydrogen-bond donors (Lipinski definition) is 2. The predicted molar refractivity (Wildman–Crippen MR) is 80.9 cm³/mol. The molecule has 0 aliphatic rings. The second kappa shape index (κ2) is 8.78. The van der Waals surface area contributed by atoms with Gasteiger partial charge in [-0.3, -0.25) is 0 Å². The molecule has 0 heterocycles. The Kier molecular flexibility index (Phi) is 8.21. The lowest BCUT2D eigenvalue weighted by Gasteiger charge is -2.15. The van der Waals surface area contributed by atoms with Crippen LogP contribution in [0.4, 0.5) is 0 Å². The fourth-order valence-electron chi connectivity index (χ4n) is 1.61. The first-order valence-electron chi connectivity index (χ1n) is 6.19. The van der Waals surface area contributed by atoms with Gasteiger partial charge >= 0.3 is 0 Å². The Hall–Kier alpha value is -1.31. The zero-order valence-corrected chi connectivity index (χ0v) is 13.2. The van der Waals surface area contributed by atoms with Crippen molar-refractivity contribution < 1.29 is 17.9 Å². The van der Waals surface area contributed by atoms with Crippen LogP contribution >= 0.6 is 0 Å². The molecule has 0 bridgehead atoms. The number of hydrogen-bond acceptors (Lipinski definition) is 6. The summed E-state index contributed by atoms with van der Waals surface area (Å²) >= 11 is 0. The Balaban J connectivity index is 0.00000172. The van der Waals surface area contributed by atoms with Crippen LogP contribution in [-0.2, 0) is 9.84 Å². The lowest BCUT2D eigenvalue weighted by Crippen LogP contribution is -2.20. The first-order chi connectivity index (χ1) is 9.37. The van der Waals surface area contributed by atoms with Crippen LogP contribution in [0.5, 0.6) is 11.5 Å². The summed E-state index contributed by atoms with van der Waals surface area (Å²) in [6.07, 6.45) is 1.17. The summed E-state index contributed by atoms with van der Waals surface area (Å²) in [6, 6.07) is 4.63. The standard InChI is InChI=1S/C12H19NO4S.CH5N/c1-4-17-12-7-9(5-6-11(12)16-2)10(13)8-18(3,14)15;1-2/h5-7,10H,4,8,13H2,1-3H3;2H2,1H3/t10-;/m1./s1. The van der Waals surface area contributed by atoms with Crippen molar-refractivity contribution in [2.75, 3.05) is 32.8 Å². The molecule has 1 atom stereocenters. The van der Waals surface area contributed by atoms with Gasteiger partial charge in [0.25, 0.3) is 0 Å². The molecule has 0 aromatic heterocycles. The third-order valence-electron chi connectivity index (χ3n) is 2.40. The summed E-state index contributed by atoms with van der Waals surface area (Å²) in [5.41, 5.74) is 11.1. The Morgan fingerprint density at radius 2 is 1.85 bits per heavy atom. The molecule has 1 aromatic rings. The van der Waals surface area contributed by atoms with Crippen LogP contribution in [0, 0.1) is 0 Å². The number of methoxy groups -OCH3 is 1. The van der Waals surface area contributed by atoms with Gasteiger partial charge in [-0.1, -0.05) is 6.07 Å². The van der Waals surface area contributed by atoms with Gasteiger partial charge in [0.1, 0.15) is 9.84 Å².